The molecule has 1 heterocycles. The van der Waals surface area contributed by atoms with Crippen LogP contribution in [0.5, 0.6) is 0 Å². The van der Waals surface area contributed by atoms with Crippen molar-refractivity contribution in [2.75, 3.05) is 0 Å². The van der Waals surface area contributed by atoms with Crippen LogP contribution in [0.2, 0.25) is 0 Å². The summed E-state index contributed by atoms with van der Waals surface area (Å²) in [6.07, 6.45) is 4.14. The molecule has 1 aromatic heterocycles. The van der Waals surface area contributed by atoms with Crippen LogP contribution < -0.4 is 0 Å². The summed E-state index contributed by atoms with van der Waals surface area (Å²) in [6, 6.07) is 7.79. The summed E-state index contributed by atoms with van der Waals surface area (Å²) < 4.78 is 1.73. The van der Waals surface area contributed by atoms with E-state index < -0.39 is 4.92 Å². The lowest BCUT2D eigenvalue weighted by atomic mass is 10.3. The zero-order valence-corrected chi connectivity index (χ0v) is 8.24. The number of hydrogen-bond donors (Lipinski definition) is 0. The normalized spacial score (nSPS) is 10.0. The van der Waals surface area contributed by atoms with Gasteiger partial charge >= 0.3 is 0 Å². The quantitative estimate of drug-likeness (QED) is 0.448. The molecule has 5 nitrogen and oxygen atoms in total. The van der Waals surface area contributed by atoms with E-state index in [0.29, 0.717) is 5.56 Å². The monoisotopic (exact) mass is 216 g/mol. The molecule has 2 aromatic rings. The molecule has 0 bridgehead atoms. The third-order valence-corrected chi connectivity index (χ3v) is 2.21. The number of nitro benzene ring substituents is 1. The summed E-state index contributed by atoms with van der Waals surface area (Å²) in [5.41, 5.74) is 1.39. The van der Waals surface area contributed by atoms with E-state index in [1.807, 2.05) is 0 Å². The molecule has 0 atom stereocenters. The summed E-state index contributed by atoms with van der Waals surface area (Å²) in [6.45, 7) is 0. The average Bonchev–Trinajstić information content (AvgIpc) is 2.77. The number of aromatic nitrogens is 1. The van der Waals surface area contributed by atoms with Gasteiger partial charge in [-0.3, -0.25) is 14.9 Å². The van der Waals surface area contributed by atoms with Gasteiger partial charge in [-0.2, -0.15) is 0 Å². The van der Waals surface area contributed by atoms with Gasteiger partial charge in [0.2, 0.25) is 0 Å². The molecule has 0 saturated heterocycles. The third-order valence-electron chi connectivity index (χ3n) is 2.21. The molecule has 0 N–H and O–H groups in total. The van der Waals surface area contributed by atoms with Crippen LogP contribution in [-0.2, 0) is 0 Å². The zero-order chi connectivity index (χ0) is 11.5. The van der Waals surface area contributed by atoms with Crippen molar-refractivity contribution in [2.45, 2.75) is 0 Å². The molecule has 0 saturated carbocycles. The van der Waals surface area contributed by atoms with Gasteiger partial charge in [-0.1, -0.05) is 0 Å². The Kier molecular flexibility index (Phi) is 2.51. The SMILES string of the molecule is O=Cc1ccn(-c2ccc([N+](=O)[O-])cc2)c1. The van der Waals surface area contributed by atoms with Gasteiger partial charge < -0.3 is 4.57 Å². The van der Waals surface area contributed by atoms with Crippen molar-refractivity contribution in [3.8, 4) is 5.69 Å². The minimum atomic E-state index is -0.448. The Labute approximate surface area is 91.1 Å². The van der Waals surface area contributed by atoms with Crippen LogP contribution >= 0.6 is 0 Å². The first kappa shape index (κ1) is 10.1. The van der Waals surface area contributed by atoms with Crippen molar-refractivity contribution in [1.29, 1.82) is 0 Å². The maximum atomic E-state index is 10.5. The molecule has 5 heteroatoms. The standard InChI is InChI=1S/C11H8N2O3/c14-8-9-5-6-12(7-9)10-1-3-11(4-2-10)13(15)16/h1-8H. The first-order valence-electron chi connectivity index (χ1n) is 4.59. The highest BCUT2D eigenvalue weighted by atomic mass is 16.6. The van der Waals surface area contributed by atoms with Gasteiger partial charge in [-0.05, 0) is 18.2 Å². The van der Waals surface area contributed by atoms with Gasteiger partial charge in [0.25, 0.3) is 5.69 Å². The second kappa shape index (κ2) is 3.98. The number of carbonyl (C=O) groups is 1. The topological polar surface area (TPSA) is 65.1 Å². The van der Waals surface area contributed by atoms with Crippen molar-refractivity contribution >= 4 is 12.0 Å². The van der Waals surface area contributed by atoms with E-state index in [-0.39, 0.29) is 5.69 Å². The molecule has 2 rings (SSSR count). The fourth-order valence-electron chi connectivity index (χ4n) is 1.39. The molecule has 0 amide bonds. The van der Waals surface area contributed by atoms with Gasteiger partial charge in [-0.25, -0.2) is 0 Å². The highest BCUT2D eigenvalue weighted by molar-refractivity contribution is 5.74. The van der Waals surface area contributed by atoms with E-state index in [0.717, 1.165) is 12.0 Å². The maximum absolute atomic E-state index is 10.5. The largest absolute Gasteiger partial charge is 0.323 e. The number of benzene rings is 1. The molecule has 0 spiro atoms. The van der Waals surface area contributed by atoms with Gasteiger partial charge in [0.05, 0.1) is 4.92 Å². The van der Waals surface area contributed by atoms with Gasteiger partial charge in [0.15, 0.2) is 6.29 Å². The van der Waals surface area contributed by atoms with Crippen molar-refractivity contribution in [1.82, 2.24) is 4.57 Å². The summed E-state index contributed by atoms with van der Waals surface area (Å²) >= 11 is 0. The highest BCUT2D eigenvalue weighted by Gasteiger charge is 2.04. The summed E-state index contributed by atoms with van der Waals surface area (Å²) in [4.78, 5) is 20.5. The van der Waals surface area contributed by atoms with Gasteiger partial charge in [-0.15, -0.1) is 0 Å². The smallest absolute Gasteiger partial charge is 0.269 e. The van der Waals surface area contributed by atoms with Crippen LogP contribution in [0.25, 0.3) is 5.69 Å². The summed E-state index contributed by atoms with van der Waals surface area (Å²) in [5, 5.41) is 10.5. The number of rotatable bonds is 3. The summed E-state index contributed by atoms with van der Waals surface area (Å²) in [5.74, 6) is 0. The number of nitro groups is 1. The van der Waals surface area contributed by atoms with Crippen molar-refractivity contribution in [3.05, 3.63) is 58.4 Å². The molecular formula is C11H8N2O3. The molecule has 0 aliphatic carbocycles. The third kappa shape index (κ3) is 1.83. The highest BCUT2D eigenvalue weighted by Crippen LogP contribution is 2.15. The second-order valence-electron chi connectivity index (χ2n) is 3.24. The Hall–Kier alpha value is -2.43. The lowest BCUT2D eigenvalue weighted by Gasteiger charge is -2.01. The van der Waals surface area contributed by atoms with E-state index in [2.05, 4.69) is 0 Å². The van der Waals surface area contributed by atoms with Crippen molar-refractivity contribution in [3.63, 3.8) is 0 Å². The molecule has 1 aromatic carbocycles. The van der Waals surface area contributed by atoms with Gasteiger partial charge in [0, 0.05) is 35.8 Å². The fraction of sp³-hybridized carbons (Fsp3) is 0. The first-order valence-corrected chi connectivity index (χ1v) is 4.59. The molecule has 0 radical (unpaired) electrons. The zero-order valence-electron chi connectivity index (χ0n) is 8.24. The Morgan fingerprint density at radius 3 is 2.38 bits per heavy atom. The summed E-state index contributed by atoms with van der Waals surface area (Å²) in [7, 11) is 0. The average molecular weight is 216 g/mol. The fourth-order valence-corrected chi connectivity index (χ4v) is 1.39. The molecule has 0 aliphatic heterocycles. The Balaban J connectivity index is 2.34. The minimum Gasteiger partial charge on any atom is -0.323 e. The van der Waals surface area contributed by atoms with E-state index in [9.17, 15) is 14.9 Å². The maximum Gasteiger partial charge on any atom is 0.269 e. The Bertz CT molecular complexity index is 528. The van der Waals surface area contributed by atoms with E-state index >= 15 is 0 Å². The molecule has 16 heavy (non-hydrogen) atoms. The lowest BCUT2D eigenvalue weighted by molar-refractivity contribution is -0.384. The Morgan fingerprint density at radius 2 is 1.88 bits per heavy atom. The van der Waals surface area contributed by atoms with E-state index in [4.69, 9.17) is 0 Å². The minimum absolute atomic E-state index is 0.0477. The van der Waals surface area contributed by atoms with Crippen molar-refractivity contribution < 1.29 is 9.72 Å². The number of carbonyl (C=O) groups excluding carboxylic acids is 1. The van der Waals surface area contributed by atoms with Crippen LogP contribution in [0.1, 0.15) is 10.4 Å². The predicted octanol–water partition coefficient (Wildman–Crippen LogP) is 2.20. The van der Waals surface area contributed by atoms with E-state index in [1.54, 1.807) is 35.2 Å². The van der Waals surface area contributed by atoms with Crippen LogP contribution in [0, 0.1) is 10.1 Å². The molecule has 0 unspecified atom stereocenters. The Morgan fingerprint density at radius 1 is 1.19 bits per heavy atom. The number of hydrogen-bond acceptors (Lipinski definition) is 3. The number of aldehydes is 1. The van der Waals surface area contributed by atoms with Crippen LogP contribution in [0.15, 0.2) is 42.7 Å². The second-order valence-corrected chi connectivity index (χ2v) is 3.24. The van der Waals surface area contributed by atoms with Crippen LogP contribution in [0.3, 0.4) is 0 Å². The van der Waals surface area contributed by atoms with Gasteiger partial charge in [0.1, 0.15) is 0 Å². The lowest BCUT2D eigenvalue weighted by Crippen LogP contribution is -1.91. The molecule has 80 valence electrons. The molecule has 0 fully saturated rings. The molecular weight excluding hydrogens is 208 g/mol. The van der Waals surface area contributed by atoms with Crippen molar-refractivity contribution in [2.24, 2.45) is 0 Å². The molecule has 0 aliphatic rings. The van der Waals surface area contributed by atoms with Crippen LogP contribution in [-0.4, -0.2) is 15.8 Å². The van der Waals surface area contributed by atoms with E-state index in [1.165, 1.54) is 12.1 Å². The number of non-ortho nitro benzene ring substituents is 1. The van der Waals surface area contributed by atoms with Crippen LogP contribution in [0.4, 0.5) is 5.69 Å². The predicted molar refractivity (Wildman–Crippen MR) is 57.8 cm³/mol. The number of nitrogens with zero attached hydrogens (tertiary/aromatic N) is 2. The first-order chi connectivity index (χ1) is 7.70.